The molecular weight excluding hydrogens is 370 g/mol. The van der Waals surface area contributed by atoms with Crippen LogP contribution in [0.1, 0.15) is 28.8 Å². The molecule has 4 rings (SSSR count). The van der Waals surface area contributed by atoms with Crippen molar-refractivity contribution in [3.05, 3.63) is 53.6 Å². The highest BCUT2D eigenvalue weighted by Crippen LogP contribution is 2.31. The lowest BCUT2D eigenvalue weighted by Gasteiger charge is -2.31. The zero-order valence-electron chi connectivity index (χ0n) is 16.5. The van der Waals surface area contributed by atoms with E-state index < -0.39 is 0 Å². The van der Waals surface area contributed by atoms with Crippen LogP contribution in [-0.2, 0) is 0 Å². The summed E-state index contributed by atoms with van der Waals surface area (Å²) in [6.07, 6.45) is 1.77. The van der Waals surface area contributed by atoms with Gasteiger partial charge in [0, 0.05) is 51.3 Å². The minimum Gasteiger partial charge on any atom is -0.467 e. The molecule has 5 nitrogen and oxygen atoms in total. The lowest BCUT2D eigenvalue weighted by atomic mass is 10.1. The van der Waals surface area contributed by atoms with Crippen LogP contribution in [0, 0.1) is 6.92 Å². The number of carbonyl (C=O) groups excluding carboxylic acids is 1. The summed E-state index contributed by atoms with van der Waals surface area (Å²) in [4.78, 5) is 21.4. The van der Waals surface area contributed by atoms with Gasteiger partial charge in [0.25, 0.3) is 11.1 Å². The first-order chi connectivity index (χ1) is 13.5. The second-order valence-electron chi connectivity index (χ2n) is 7.45. The monoisotopic (exact) mass is 395 g/mol. The number of nitrogens with zero attached hydrogens (tertiary/aromatic N) is 3. The molecule has 0 saturated carbocycles. The molecular formula is C22H25N3O2S. The maximum absolute atomic E-state index is 12.8. The number of rotatable bonds is 4. The number of thiazole rings is 1. The molecule has 0 spiro atoms. The summed E-state index contributed by atoms with van der Waals surface area (Å²) in [6.45, 7) is 3.49. The molecule has 0 aliphatic carbocycles. The van der Waals surface area contributed by atoms with E-state index in [1.165, 1.54) is 5.56 Å². The molecule has 0 radical (unpaired) electrons. The third-order valence-corrected chi connectivity index (χ3v) is 6.14. The zero-order valence-corrected chi connectivity index (χ0v) is 17.3. The van der Waals surface area contributed by atoms with Crippen LogP contribution < -0.4 is 9.64 Å². The van der Waals surface area contributed by atoms with Crippen LogP contribution in [0.2, 0.25) is 0 Å². The van der Waals surface area contributed by atoms with Crippen LogP contribution in [0.15, 0.2) is 42.5 Å². The first-order valence-corrected chi connectivity index (χ1v) is 10.4. The highest BCUT2D eigenvalue weighted by molar-refractivity contribution is 7.20. The fourth-order valence-electron chi connectivity index (χ4n) is 3.52. The summed E-state index contributed by atoms with van der Waals surface area (Å²) in [7, 11) is 3.99. The van der Waals surface area contributed by atoms with Crippen LogP contribution in [0.5, 0.6) is 5.19 Å². The standard InChI is InChI=1S/C22H25N3O2S/c1-15-5-4-6-19-20(15)23-22(28-19)27-18-11-13-25(14-12-18)21(26)16-7-9-17(10-8-16)24(2)3/h4-10,18H,11-14H2,1-3H3. The molecule has 146 valence electrons. The van der Waals surface area contributed by atoms with Gasteiger partial charge in [-0.25, -0.2) is 4.98 Å². The van der Waals surface area contributed by atoms with Gasteiger partial charge in [-0.3, -0.25) is 4.79 Å². The fourth-order valence-corrected chi connectivity index (χ4v) is 4.48. The summed E-state index contributed by atoms with van der Waals surface area (Å²) in [5, 5.41) is 0.730. The molecule has 0 unspecified atom stereocenters. The second-order valence-corrected chi connectivity index (χ2v) is 8.45. The highest BCUT2D eigenvalue weighted by atomic mass is 32.1. The maximum Gasteiger partial charge on any atom is 0.274 e. The quantitative estimate of drug-likeness (QED) is 0.659. The van der Waals surface area contributed by atoms with E-state index in [2.05, 4.69) is 30.1 Å². The number of hydrogen-bond acceptors (Lipinski definition) is 5. The van der Waals surface area contributed by atoms with Gasteiger partial charge >= 0.3 is 0 Å². The van der Waals surface area contributed by atoms with Crippen LogP contribution in [0.25, 0.3) is 10.2 Å². The number of carbonyl (C=O) groups is 1. The number of piperidine rings is 1. The smallest absolute Gasteiger partial charge is 0.274 e. The van der Waals surface area contributed by atoms with Crippen molar-refractivity contribution >= 4 is 33.1 Å². The van der Waals surface area contributed by atoms with Crippen LogP contribution in [-0.4, -0.2) is 49.1 Å². The third kappa shape index (κ3) is 3.83. The lowest BCUT2D eigenvalue weighted by Crippen LogP contribution is -2.41. The minimum absolute atomic E-state index is 0.0966. The average Bonchev–Trinajstić information content (AvgIpc) is 3.12. The number of aryl methyl sites for hydroxylation is 1. The Morgan fingerprint density at radius 1 is 1.14 bits per heavy atom. The third-order valence-electron chi connectivity index (χ3n) is 5.23. The second kappa shape index (κ2) is 7.80. The Morgan fingerprint density at radius 3 is 2.50 bits per heavy atom. The van der Waals surface area contributed by atoms with Gasteiger partial charge in [0.2, 0.25) is 0 Å². The van der Waals surface area contributed by atoms with Gasteiger partial charge < -0.3 is 14.5 Å². The number of likely N-dealkylation sites (tertiary alicyclic amines) is 1. The van der Waals surface area contributed by atoms with Crippen molar-refractivity contribution in [1.82, 2.24) is 9.88 Å². The molecule has 0 atom stereocenters. The van der Waals surface area contributed by atoms with Gasteiger partial charge in [-0.15, -0.1) is 0 Å². The molecule has 1 saturated heterocycles. The van der Waals surface area contributed by atoms with E-state index in [4.69, 9.17) is 4.74 Å². The molecule has 2 heterocycles. The van der Waals surface area contributed by atoms with Gasteiger partial charge in [-0.2, -0.15) is 0 Å². The van der Waals surface area contributed by atoms with E-state index in [9.17, 15) is 4.79 Å². The molecule has 6 heteroatoms. The molecule has 28 heavy (non-hydrogen) atoms. The number of para-hydroxylation sites is 1. The first kappa shape index (κ1) is 18.7. The number of ether oxygens (including phenoxy) is 1. The molecule has 1 fully saturated rings. The normalized spacial score (nSPS) is 15.0. The molecule has 0 bridgehead atoms. The number of benzene rings is 2. The minimum atomic E-state index is 0.0966. The van der Waals surface area contributed by atoms with Gasteiger partial charge in [0.15, 0.2) is 0 Å². The van der Waals surface area contributed by atoms with Gasteiger partial charge in [0.05, 0.1) is 10.2 Å². The van der Waals surface area contributed by atoms with Crippen LogP contribution in [0.3, 0.4) is 0 Å². The number of aromatic nitrogens is 1. The van der Waals surface area contributed by atoms with Crippen molar-refractivity contribution in [3.63, 3.8) is 0 Å². The van der Waals surface area contributed by atoms with E-state index in [0.29, 0.717) is 13.1 Å². The molecule has 1 amide bonds. The Morgan fingerprint density at radius 2 is 1.86 bits per heavy atom. The summed E-state index contributed by atoms with van der Waals surface area (Å²) >= 11 is 1.59. The Balaban J connectivity index is 1.36. The maximum atomic E-state index is 12.8. The topological polar surface area (TPSA) is 45.7 Å². The Kier molecular flexibility index (Phi) is 5.22. The lowest BCUT2D eigenvalue weighted by molar-refractivity contribution is 0.0595. The highest BCUT2D eigenvalue weighted by Gasteiger charge is 2.25. The van der Waals surface area contributed by atoms with E-state index in [1.54, 1.807) is 11.3 Å². The van der Waals surface area contributed by atoms with Crippen molar-refractivity contribution in [1.29, 1.82) is 0 Å². The number of hydrogen-bond donors (Lipinski definition) is 0. The van der Waals surface area contributed by atoms with Gasteiger partial charge in [0.1, 0.15) is 6.10 Å². The van der Waals surface area contributed by atoms with Crippen molar-refractivity contribution in [2.24, 2.45) is 0 Å². The molecule has 3 aromatic rings. The molecule has 0 N–H and O–H groups in total. The van der Waals surface area contributed by atoms with E-state index in [-0.39, 0.29) is 12.0 Å². The molecule has 1 aromatic heterocycles. The van der Waals surface area contributed by atoms with Crippen molar-refractivity contribution < 1.29 is 9.53 Å². The Labute approximate surface area is 169 Å². The first-order valence-electron chi connectivity index (χ1n) is 9.61. The van der Waals surface area contributed by atoms with Crippen molar-refractivity contribution in [2.75, 3.05) is 32.1 Å². The van der Waals surface area contributed by atoms with Gasteiger partial charge in [-0.05, 0) is 42.8 Å². The summed E-state index contributed by atoms with van der Waals surface area (Å²) in [6, 6.07) is 14.0. The van der Waals surface area contributed by atoms with E-state index in [1.807, 2.05) is 48.2 Å². The fraction of sp³-hybridized carbons (Fsp3) is 0.364. The predicted molar refractivity (Wildman–Crippen MR) is 115 cm³/mol. The Bertz CT molecular complexity index is 973. The SMILES string of the molecule is Cc1cccc2sc(OC3CCN(C(=O)c4ccc(N(C)C)cc4)CC3)nc12. The zero-order chi connectivity index (χ0) is 19.7. The number of anilines is 1. The number of amides is 1. The molecule has 1 aliphatic rings. The predicted octanol–water partition coefficient (Wildman–Crippen LogP) is 4.35. The Hall–Kier alpha value is -2.60. The van der Waals surface area contributed by atoms with Crippen LogP contribution in [0.4, 0.5) is 5.69 Å². The summed E-state index contributed by atoms with van der Waals surface area (Å²) < 4.78 is 7.29. The molecule has 2 aromatic carbocycles. The van der Waals surface area contributed by atoms with Crippen LogP contribution >= 0.6 is 11.3 Å². The van der Waals surface area contributed by atoms with Crippen molar-refractivity contribution in [2.45, 2.75) is 25.9 Å². The van der Waals surface area contributed by atoms with Gasteiger partial charge in [-0.1, -0.05) is 23.5 Å². The average molecular weight is 396 g/mol. The summed E-state index contributed by atoms with van der Waals surface area (Å²) in [5.74, 6) is 0.0966. The molecule has 1 aliphatic heterocycles. The van der Waals surface area contributed by atoms with Crippen molar-refractivity contribution in [3.8, 4) is 5.19 Å². The van der Waals surface area contributed by atoms with E-state index >= 15 is 0 Å². The van der Waals surface area contributed by atoms with E-state index in [0.717, 1.165) is 39.5 Å². The summed E-state index contributed by atoms with van der Waals surface area (Å²) in [5.41, 5.74) is 4.03. The largest absolute Gasteiger partial charge is 0.467 e. The number of fused-ring (bicyclic) bond motifs is 1.